The fourth-order valence-corrected chi connectivity index (χ4v) is 5.63. The SMILES string of the molecule is CNC(=O)[C@]12C[C@H]1[C@@H](n1cnc3c(NCc4ccc(N)c(I)c4)nc(Cl)nc31)[C@H](O)[C@@H]2O. The van der Waals surface area contributed by atoms with E-state index in [-0.39, 0.29) is 17.1 Å². The second kappa shape index (κ2) is 7.68. The van der Waals surface area contributed by atoms with Crippen LogP contribution < -0.4 is 16.4 Å². The fraction of sp³-hybridized carbons (Fsp3) is 0.400. The standard InChI is InChI=1S/C20H21ClIN7O3/c1-24-18(32)20-5-9(20)13(14(30)15(20)31)29-7-26-12-16(27-19(21)28-17(12)29)25-6-8-2-3-11(23)10(22)4-8/h2-4,7,9,13-15,30-31H,5-6,23H2,1H3,(H,24,32)(H,25,27,28)/t9-,13+,14-,15-,20+/m0/s1. The van der Waals surface area contributed by atoms with Crippen LogP contribution in [-0.4, -0.2) is 54.9 Å². The Morgan fingerprint density at radius 3 is 2.91 bits per heavy atom. The van der Waals surface area contributed by atoms with Crippen LogP contribution in [0.2, 0.25) is 5.28 Å². The first-order valence-corrected chi connectivity index (χ1v) is 11.5. The van der Waals surface area contributed by atoms with Gasteiger partial charge in [0.05, 0.1) is 23.9 Å². The van der Waals surface area contributed by atoms with Gasteiger partial charge in [0.1, 0.15) is 6.10 Å². The molecule has 2 heterocycles. The minimum atomic E-state index is -1.17. The van der Waals surface area contributed by atoms with Gasteiger partial charge in [-0.15, -0.1) is 0 Å². The van der Waals surface area contributed by atoms with Gasteiger partial charge in [0.25, 0.3) is 0 Å². The summed E-state index contributed by atoms with van der Waals surface area (Å²) < 4.78 is 2.64. The number of fused-ring (bicyclic) bond motifs is 2. The minimum Gasteiger partial charge on any atom is -0.398 e. The van der Waals surface area contributed by atoms with E-state index in [2.05, 4.69) is 48.2 Å². The van der Waals surface area contributed by atoms with Crippen molar-refractivity contribution in [2.24, 2.45) is 11.3 Å². The van der Waals surface area contributed by atoms with E-state index >= 15 is 0 Å². The average Bonchev–Trinajstić information content (AvgIpc) is 3.31. The smallest absolute Gasteiger partial charge is 0.229 e. The van der Waals surface area contributed by atoms with Gasteiger partial charge in [-0.05, 0) is 58.3 Å². The van der Waals surface area contributed by atoms with Crippen LogP contribution in [-0.2, 0) is 11.3 Å². The number of nitrogen functional groups attached to an aromatic ring is 1. The molecule has 12 heteroatoms. The van der Waals surface area contributed by atoms with Crippen molar-refractivity contribution in [2.45, 2.75) is 31.2 Å². The highest BCUT2D eigenvalue weighted by atomic mass is 127. The minimum absolute atomic E-state index is 0.0232. The topological polar surface area (TPSA) is 151 Å². The first-order valence-electron chi connectivity index (χ1n) is 10.0. The van der Waals surface area contributed by atoms with Crippen molar-refractivity contribution in [1.29, 1.82) is 0 Å². The molecule has 0 radical (unpaired) electrons. The maximum absolute atomic E-state index is 12.4. The Balaban J connectivity index is 1.47. The number of benzene rings is 1. The number of hydrogen-bond acceptors (Lipinski definition) is 8. The lowest BCUT2D eigenvalue weighted by molar-refractivity contribution is -0.132. The Morgan fingerprint density at radius 1 is 1.41 bits per heavy atom. The Morgan fingerprint density at radius 2 is 2.19 bits per heavy atom. The molecule has 2 saturated carbocycles. The van der Waals surface area contributed by atoms with E-state index in [0.29, 0.717) is 35.6 Å². The Labute approximate surface area is 201 Å². The molecule has 0 unspecified atom stereocenters. The molecule has 2 aliphatic rings. The Hall–Kier alpha value is -2.22. The van der Waals surface area contributed by atoms with Crippen LogP contribution in [0.1, 0.15) is 18.0 Å². The van der Waals surface area contributed by atoms with Crippen LogP contribution in [0.4, 0.5) is 11.5 Å². The Bertz CT molecular complexity index is 1240. The quantitative estimate of drug-likeness (QED) is 0.175. The van der Waals surface area contributed by atoms with E-state index in [1.165, 1.54) is 7.05 Å². The molecule has 1 aromatic carbocycles. The zero-order chi connectivity index (χ0) is 22.8. The van der Waals surface area contributed by atoms with Crippen molar-refractivity contribution in [1.82, 2.24) is 24.8 Å². The van der Waals surface area contributed by atoms with Crippen LogP contribution in [0.25, 0.3) is 11.2 Å². The molecular weight excluding hydrogens is 549 g/mol. The number of rotatable bonds is 5. The zero-order valence-electron chi connectivity index (χ0n) is 17.0. The number of aliphatic hydroxyl groups excluding tert-OH is 2. The van der Waals surface area contributed by atoms with Gasteiger partial charge in [-0.25, -0.2) is 4.98 Å². The molecule has 5 rings (SSSR count). The first-order chi connectivity index (χ1) is 15.3. The number of carbonyl (C=O) groups excluding carboxylic acids is 1. The van der Waals surface area contributed by atoms with E-state index < -0.39 is 23.7 Å². The molecule has 32 heavy (non-hydrogen) atoms. The second-order valence-electron chi connectivity index (χ2n) is 8.23. The van der Waals surface area contributed by atoms with Crippen molar-refractivity contribution >= 4 is 62.8 Å². The van der Waals surface area contributed by atoms with Gasteiger partial charge in [0.2, 0.25) is 11.2 Å². The highest BCUT2D eigenvalue weighted by Crippen LogP contribution is 2.67. The van der Waals surface area contributed by atoms with Gasteiger partial charge in [-0.3, -0.25) is 4.79 Å². The molecule has 5 atom stereocenters. The van der Waals surface area contributed by atoms with E-state index in [9.17, 15) is 15.0 Å². The van der Waals surface area contributed by atoms with Gasteiger partial charge in [-0.2, -0.15) is 9.97 Å². The van der Waals surface area contributed by atoms with Crippen LogP contribution in [0.15, 0.2) is 24.5 Å². The molecule has 10 nitrogen and oxygen atoms in total. The van der Waals surface area contributed by atoms with Gasteiger partial charge in [-0.1, -0.05) is 6.07 Å². The van der Waals surface area contributed by atoms with E-state index in [1.54, 1.807) is 10.9 Å². The highest BCUT2D eigenvalue weighted by molar-refractivity contribution is 14.1. The third-order valence-electron chi connectivity index (χ3n) is 6.56. The van der Waals surface area contributed by atoms with Crippen molar-refractivity contribution < 1.29 is 15.0 Å². The fourth-order valence-electron chi connectivity index (χ4n) is 4.88. The number of nitrogens with one attached hydrogen (secondary N) is 2. The molecule has 0 aliphatic heterocycles. The number of nitrogens with zero attached hydrogens (tertiary/aromatic N) is 4. The van der Waals surface area contributed by atoms with Crippen molar-refractivity contribution in [3.63, 3.8) is 0 Å². The summed E-state index contributed by atoms with van der Waals surface area (Å²) in [6.45, 7) is 0.471. The molecule has 2 aromatic heterocycles. The lowest BCUT2D eigenvalue weighted by atomic mass is 9.98. The molecule has 2 fully saturated rings. The first kappa shape index (κ1) is 21.6. The number of nitrogens with two attached hydrogens (primary N) is 1. The van der Waals surface area contributed by atoms with Gasteiger partial charge in [0, 0.05) is 28.8 Å². The molecule has 1 amide bonds. The number of carbonyl (C=O) groups is 1. The van der Waals surface area contributed by atoms with Crippen molar-refractivity contribution in [3.8, 4) is 0 Å². The number of aliphatic hydroxyl groups is 2. The molecule has 0 spiro atoms. The van der Waals surface area contributed by atoms with Crippen LogP contribution in [0.3, 0.4) is 0 Å². The summed E-state index contributed by atoms with van der Waals surface area (Å²) in [5, 5.41) is 27.3. The number of anilines is 2. The summed E-state index contributed by atoms with van der Waals surface area (Å²) in [6.07, 6.45) is -0.274. The predicted octanol–water partition coefficient (Wildman–Crippen LogP) is 1.31. The molecule has 0 bridgehead atoms. The number of amides is 1. The summed E-state index contributed by atoms with van der Waals surface area (Å²) in [7, 11) is 1.53. The summed E-state index contributed by atoms with van der Waals surface area (Å²) in [5.74, 6) is -0.0482. The summed E-state index contributed by atoms with van der Waals surface area (Å²) in [4.78, 5) is 25.5. The van der Waals surface area contributed by atoms with E-state index in [0.717, 1.165) is 9.13 Å². The van der Waals surface area contributed by atoms with Crippen LogP contribution >= 0.6 is 34.2 Å². The van der Waals surface area contributed by atoms with Crippen LogP contribution in [0, 0.1) is 14.9 Å². The summed E-state index contributed by atoms with van der Waals surface area (Å²) >= 11 is 8.38. The zero-order valence-corrected chi connectivity index (χ0v) is 19.9. The molecule has 2 aliphatic carbocycles. The number of halogens is 2. The highest BCUT2D eigenvalue weighted by Gasteiger charge is 2.75. The average molecular weight is 570 g/mol. The molecule has 6 N–H and O–H groups in total. The lowest BCUT2D eigenvalue weighted by Crippen LogP contribution is -2.41. The molecule has 168 valence electrons. The molecular formula is C20H21ClIN7O3. The maximum atomic E-state index is 12.4. The van der Waals surface area contributed by atoms with E-state index in [1.807, 2.05) is 18.2 Å². The van der Waals surface area contributed by atoms with Gasteiger partial charge < -0.3 is 31.1 Å². The number of imidazole rings is 1. The summed E-state index contributed by atoms with van der Waals surface area (Å²) in [5.41, 5.74) is 7.53. The van der Waals surface area contributed by atoms with Crippen molar-refractivity contribution in [2.75, 3.05) is 18.1 Å². The van der Waals surface area contributed by atoms with Crippen LogP contribution in [0.5, 0.6) is 0 Å². The van der Waals surface area contributed by atoms with Gasteiger partial charge in [0.15, 0.2) is 17.0 Å². The Kier molecular flexibility index (Phi) is 5.19. The summed E-state index contributed by atoms with van der Waals surface area (Å²) in [6, 6.07) is 5.19. The van der Waals surface area contributed by atoms with Gasteiger partial charge >= 0.3 is 0 Å². The third kappa shape index (κ3) is 3.13. The number of hydrogen-bond donors (Lipinski definition) is 5. The van der Waals surface area contributed by atoms with Crippen molar-refractivity contribution in [3.05, 3.63) is 38.9 Å². The molecule has 3 aromatic rings. The maximum Gasteiger partial charge on any atom is 0.229 e. The monoisotopic (exact) mass is 569 g/mol. The predicted molar refractivity (Wildman–Crippen MR) is 127 cm³/mol. The third-order valence-corrected chi connectivity index (χ3v) is 7.67. The lowest BCUT2D eigenvalue weighted by Gasteiger charge is -2.23. The van der Waals surface area contributed by atoms with E-state index in [4.69, 9.17) is 17.3 Å². The molecule has 0 saturated heterocycles. The normalized spacial score (nSPS) is 28.5. The second-order valence-corrected chi connectivity index (χ2v) is 9.73. The largest absolute Gasteiger partial charge is 0.398 e. The number of aromatic nitrogens is 4.